The van der Waals surface area contributed by atoms with Crippen LogP contribution in [0.2, 0.25) is 5.02 Å². The van der Waals surface area contributed by atoms with E-state index in [1.54, 1.807) is 12.1 Å². The van der Waals surface area contributed by atoms with Gasteiger partial charge in [-0.3, -0.25) is 0 Å². The zero-order chi connectivity index (χ0) is 15.8. The number of aryl methyl sites for hydroxylation is 1. The van der Waals surface area contributed by atoms with E-state index in [4.69, 9.17) is 11.6 Å². The highest BCUT2D eigenvalue weighted by Crippen LogP contribution is 2.12. The summed E-state index contributed by atoms with van der Waals surface area (Å²) in [6.45, 7) is 0. The molecule has 0 fully saturated rings. The molecule has 2 aromatic carbocycles. The van der Waals surface area contributed by atoms with E-state index >= 15 is 0 Å². The van der Waals surface area contributed by atoms with Crippen molar-refractivity contribution in [3.63, 3.8) is 0 Å². The summed E-state index contributed by atoms with van der Waals surface area (Å²) < 4.78 is 0. The summed E-state index contributed by atoms with van der Waals surface area (Å²) in [6, 6.07) is 16.0. The maximum Gasteiger partial charge on any atom is 0.386 e. The first kappa shape index (κ1) is 16.0. The van der Waals surface area contributed by atoms with Gasteiger partial charge in [0.05, 0.1) is 12.0 Å². The van der Waals surface area contributed by atoms with Gasteiger partial charge in [-0.2, -0.15) is 0 Å². The third-order valence-electron chi connectivity index (χ3n) is 2.96. The van der Waals surface area contributed by atoms with Crippen LogP contribution in [-0.2, 0) is 21.0 Å². The number of hydrogen-bond acceptors (Lipinski definition) is 4. The monoisotopic (exact) mass is 318 g/mol. The highest BCUT2D eigenvalue weighted by Gasteiger charge is 2.12. The van der Waals surface area contributed by atoms with Crippen molar-refractivity contribution in [2.45, 2.75) is 19.3 Å². The highest BCUT2D eigenvalue weighted by atomic mass is 35.5. The van der Waals surface area contributed by atoms with Gasteiger partial charge in [-0.25, -0.2) is 19.4 Å². The Labute approximate surface area is 133 Å². The van der Waals surface area contributed by atoms with Crippen LogP contribution in [0, 0.1) is 0 Å². The summed E-state index contributed by atoms with van der Waals surface area (Å²) in [4.78, 5) is 32.2. The molecule has 0 N–H and O–H groups in total. The number of benzene rings is 2. The maximum absolute atomic E-state index is 11.6. The number of rotatable bonds is 5. The second-order valence-electron chi connectivity index (χ2n) is 4.68. The first-order valence-electron chi connectivity index (χ1n) is 6.86. The predicted octanol–water partition coefficient (Wildman–Crippen LogP) is 3.98. The second-order valence-corrected chi connectivity index (χ2v) is 5.11. The Hall–Kier alpha value is -2.33. The van der Waals surface area contributed by atoms with Gasteiger partial charge in [0.15, 0.2) is 0 Å². The standard InChI is InChI=1S/C17H15ClO4/c18-15-10-5-9-14(12-15)17(20)22-21-16(19)11-4-8-13-6-2-1-3-7-13/h1-3,5-7,9-10,12H,4,8,11H2. The number of carbonyl (C=O) groups excluding carboxylic acids is 2. The zero-order valence-corrected chi connectivity index (χ0v) is 12.6. The van der Waals surface area contributed by atoms with Crippen molar-refractivity contribution in [1.82, 2.24) is 0 Å². The van der Waals surface area contributed by atoms with Gasteiger partial charge in [0.25, 0.3) is 0 Å². The van der Waals surface area contributed by atoms with Crippen molar-refractivity contribution < 1.29 is 19.4 Å². The Balaban J connectivity index is 1.70. The van der Waals surface area contributed by atoms with Crippen LogP contribution in [0.15, 0.2) is 54.6 Å². The van der Waals surface area contributed by atoms with Crippen LogP contribution in [0.1, 0.15) is 28.8 Å². The second kappa shape index (κ2) is 8.20. The van der Waals surface area contributed by atoms with E-state index in [0.717, 1.165) is 12.0 Å². The normalized spacial score (nSPS) is 10.0. The molecule has 0 aliphatic heterocycles. The van der Waals surface area contributed by atoms with E-state index in [0.29, 0.717) is 11.4 Å². The molecule has 2 aromatic rings. The Morgan fingerprint density at radius 1 is 0.955 bits per heavy atom. The summed E-state index contributed by atoms with van der Waals surface area (Å²) in [5.41, 5.74) is 1.37. The Morgan fingerprint density at radius 2 is 1.73 bits per heavy atom. The lowest BCUT2D eigenvalue weighted by Gasteiger charge is -2.04. The molecule has 0 heterocycles. The molecule has 0 saturated heterocycles. The van der Waals surface area contributed by atoms with Crippen LogP contribution >= 0.6 is 11.6 Å². The number of halogens is 1. The molecule has 0 spiro atoms. The van der Waals surface area contributed by atoms with Gasteiger partial charge in [-0.05, 0) is 36.6 Å². The zero-order valence-electron chi connectivity index (χ0n) is 11.8. The lowest BCUT2D eigenvalue weighted by Crippen LogP contribution is -2.11. The Morgan fingerprint density at radius 3 is 2.45 bits per heavy atom. The van der Waals surface area contributed by atoms with Crippen molar-refractivity contribution in [2.24, 2.45) is 0 Å². The molecule has 2 rings (SSSR count). The minimum atomic E-state index is -0.751. The molecule has 0 radical (unpaired) electrons. The summed E-state index contributed by atoms with van der Waals surface area (Å²) in [5, 5.41) is 0.406. The summed E-state index contributed by atoms with van der Waals surface area (Å²) in [6.07, 6.45) is 1.56. The van der Waals surface area contributed by atoms with Gasteiger partial charge in [0.2, 0.25) is 0 Å². The molecule has 0 atom stereocenters. The Bertz CT molecular complexity index is 640. The topological polar surface area (TPSA) is 52.6 Å². The quantitative estimate of drug-likeness (QED) is 0.618. The third kappa shape index (κ3) is 5.22. The van der Waals surface area contributed by atoms with E-state index in [-0.39, 0.29) is 12.0 Å². The van der Waals surface area contributed by atoms with Crippen molar-refractivity contribution in [3.05, 3.63) is 70.7 Å². The van der Waals surface area contributed by atoms with E-state index in [1.165, 1.54) is 12.1 Å². The minimum absolute atomic E-state index is 0.178. The van der Waals surface area contributed by atoms with Crippen molar-refractivity contribution >= 4 is 23.5 Å². The van der Waals surface area contributed by atoms with Crippen LogP contribution in [-0.4, -0.2) is 11.9 Å². The first-order valence-corrected chi connectivity index (χ1v) is 7.24. The molecule has 0 aliphatic rings. The van der Waals surface area contributed by atoms with Crippen LogP contribution in [0.3, 0.4) is 0 Å². The summed E-state index contributed by atoms with van der Waals surface area (Å²) >= 11 is 5.76. The molecular weight excluding hydrogens is 304 g/mol. The van der Waals surface area contributed by atoms with Crippen LogP contribution in [0.4, 0.5) is 0 Å². The van der Waals surface area contributed by atoms with Gasteiger partial charge in [-0.15, -0.1) is 0 Å². The highest BCUT2D eigenvalue weighted by molar-refractivity contribution is 6.30. The van der Waals surface area contributed by atoms with Crippen molar-refractivity contribution in [2.75, 3.05) is 0 Å². The molecule has 0 amide bonds. The Kier molecular flexibility index (Phi) is 5.98. The fourth-order valence-electron chi connectivity index (χ4n) is 1.87. The fraction of sp³-hybridized carbons (Fsp3) is 0.176. The predicted molar refractivity (Wildman–Crippen MR) is 82.3 cm³/mol. The first-order chi connectivity index (χ1) is 10.6. The van der Waals surface area contributed by atoms with Gasteiger partial charge < -0.3 is 0 Å². The molecule has 5 heteroatoms. The summed E-state index contributed by atoms with van der Waals surface area (Å²) in [5.74, 6) is -1.33. The molecule has 0 aromatic heterocycles. The van der Waals surface area contributed by atoms with Crippen LogP contribution in [0.25, 0.3) is 0 Å². The molecule has 4 nitrogen and oxygen atoms in total. The van der Waals surface area contributed by atoms with E-state index in [2.05, 4.69) is 9.78 Å². The maximum atomic E-state index is 11.6. The number of hydrogen-bond donors (Lipinski definition) is 0. The van der Waals surface area contributed by atoms with Gasteiger partial charge in [0, 0.05) is 5.02 Å². The number of carbonyl (C=O) groups is 2. The van der Waals surface area contributed by atoms with E-state index in [9.17, 15) is 9.59 Å². The molecule has 0 aliphatic carbocycles. The lowest BCUT2D eigenvalue weighted by atomic mass is 10.1. The molecule has 0 saturated carbocycles. The molecule has 0 bridgehead atoms. The average Bonchev–Trinajstić information content (AvgIpc) is 2.53. The molecule has 114 valence electrons. The van der Waals surface area contributed by atoms with E-state index < -0.39 is 11.9 Å². The molecular formula is C17H15ClO4. The largest absolute Gasteiger partial charge is 0.386 e. The van der Waals surface area contributed by atoms with Crippen molar-refractivity contribution in [1.29, 1.82) is 0 Å². The van der Waals surface area contributed by atoms with Crippen molar-refractivity contribution in [3.8, 4) is 0 Å². The van der Waals surface area contributed by atoms with Crippen LogP contribution < -0.4 is 0 Å². The lowest BCUT2D eigenvalue weighted by molar-refractivity contribution is -0.234. The van der Waals surface area contributed by atoms with Gasteiger partial charge >= 0.3 is 11.9 Å². The SMILES string of the molecule is O=C(CCCc1ccccc1)OOC(=O)c1cccc(Cl)c1. The van der Waals surface area contributed by atoms with Crippen LogP contribution in [0.5, 0.6) is 0 Å². The summed E-state index contributed by atoms with van der Waals surface area (Å²) in [7, 11) is 0. The average molecular weight is 319 g/mol. The molecule has 0 unspecified atom stereocenters. The molecule has 22 heavy (non-hydrogen) atoms. The van der Waals surface area contributed by atoms with E-state index in [1.807, 2.05) is 30.3 Å². The minimum Gasteiger partial charge on any atom is -0.247 e. The fourth-order valence-corrected chi connectivity index (χ4v) is 2.06. The smallest absolute Gasteiger partial charge is 0.247 e. The third-order valence-corrected chi connectivity index (χ3v) is 3.19. The van der Waals surface area contributed by atoms with Gasteiger partial charge in [-0.1, -0.05) is 48.0 Å². The van der Waals surface area contributed by atoms with Gasteiger partial charge in [0.1, 0.15) is 0 Å².